The molecule has 3 aromatic rings. The molecule has 0 aliphatic rings. The van der Waals surface area contributed by atoms with Crippen LogP contribution < -0.4 is 5.32 Å². The van der Waals surface area contributed by atoms with Crippen LogP contribution in [-0.2, 0) is 13.1 Å². The first-order chi connectivity index (χ1) is 9.28. The number of hydrogen-bond donors (Lipinski definition) is 1. The number of aryl methyl sites for hydroxylation is 1. The van der Waals surface area contributed by atoms with Gasteiger partial charge in [-0.1, -0.05) is 17.3 Å². The molecule has 0 aliphatic heterocycles. The van der Waals surface area contributed by atoms with Gasteiger partial charge in [-0.15, -0.1) is 5.10 Å². The molecule has 19 heavy (non-hydrogen) atoms. The summed E-state index contributed by atoms with van der Waals surface area (Å²) >= 11 is 0. The van der Waals surface area contributed by atoms with E-state index in [2.05, 4.69) is 28.6 Å². The zero-order valence-electron chi connectivity index (χ0n) is 11.1. The highest BCUT2D eigenvalue weighted by atomic mass is 16.3. The molecule has 0 atom stereocenters. The van der Waals surface area contributed by atoms with Gasteiger partial charge in [-0.25, -0.2) is 4.68 Å². The molecule has 0 saturated heterocycles. The maximum Gasteiger partial charge on any atom is 0.126 e. The third-order valence-electron chi connectivity index (χ3n) is 3.13. The number of benzene rings is 1. The Hall–Kier alpha value is -2.14. The van der Waals surface area contributed by atoms with E-state index in [0.717, 1.165) is 34.7 Å². The number of aromatic nitrogens is 3. The lowest BCUT2D eigenvalue weighted by atomic mass is 10.2. The van der Waals surface area contributed by atoms with Crippen LogP contribution in [0, 0.1) is 6.92 Å². The minimum atomic E-state index is 0.602. The molecule has 5 heteroatoms. The third kappa shape index (κ3) is 2.24. The fourth-order valence-electron chi connectivity index (χ4n) is 2.19. The van der Waals surface area contributed by atoms with E-state index in [-0.39, 0.29) is 0 Å². The van der Waals surface area contributed by atoms with Crippen molar-refractivity contribution in [2.75, 3.05) is 7.05 Å². The second-order valence-electron chi connectivity index (χ2n) is 4.59. The average molecular weight is 256 g/mol. The van der Waals surface area contributed by atoms with Crippen molar-refractivity contribution in [1.29, 1.82) is 0 Å². The number of fused-ring (bicyclic) bond motifs is 1. The number of rotatable bonds is 4. The molecular formula is C14H16N4O. The quantitative estimate of drug-likeness (QED) is 0.776. The number of nitrogens with one attached hydrogen (secondary N) is 1. The van der Waals surface area contributed by atoms with Crippen molar-refractivity contribution in [3.63, 3.8) is 0 Å². The van der Waals surface area contributed by atoms with E-state index in [0.29, 0.717) is 6.54 Å². The Labute approximate surface area is 111 Å². The van der Waals surface area contributed by atoms with Crippen molar-refractivity contribution < 1.29 is 4.42 Å². The van der Waals surface area contributed by atoms with Crippen molar-refractivity contribution in [3.05, 3.63) is 47.4 Å². The Balaban J connectivity index is 1.90. The molecule has 1 aromatic carbocycles. The van der Waals surface area contributed by atoms with Gasteiger partial charge in [0.1, 0.15) is 23.6 Å². The molecule has 0 amide bonds. The summed E-state index contributed by atoms with van der Waals surface area (Å²) in [7, 11) is 1.91. The standard InChI is InChI=1S/C14H16N4O/c1-10-7-11(19-14(10)8-15-2)9-18-13-6-4-3-5-12(13)16-17-18/h3-7,15H,8-9H2,1-2H3. The molecule has 0 aliphatic carbocycles. The van der Waals surface area contributed by atoms with Gasteiger partial charge in [0, 0.05) is 0 Å². The van der Waals surface area contributed by atoms with Crippen LogP contribution in [0.3, 0.4) is 0 Å². The van der Waals surface area contributed by atoms with Gasteiger partial charge in [0.2, 0.25) is 0 Å². The summed E-state index contributed by atoms with van der Waals surface area (Å²) in [5.41, 5.74) is 3.08. The average Bonchev–Trinajstić information content (AvgIpc) is 2.96. The molecule has 0 bridgehead atoms. The lowest BCUT2D eigenvalue weighted by Crippen LogP contribution is -2.05. The van der Waals surface area contributed by atoms with Gasteiger partial charge in [-0.05, 0) is 37.7 Å². The molecule has 0 radical (unpaired) electrons. The first-order valence-electron chi connectivity index (χ1n) is 6.29. The molecule has 0 spiro atoms. The van der Waals surface area contributed by atoms with Crippen LogP contribution in [-0.4, -0.2) is 22.0 Å². The molecular weight excluding hydrogens is 240 g/mol. The smallest absolute Gasteiger partial charge is 0.126 e. The normalized spacial score (nSPS) is 11.3. The summed E-state index contributed by atoms with van der Waals surface area (Å²) in [6.07, 6.45) is 0. The highest BCUT2D eigenvalue weighted by molar-refractivity contribution is 5.73. The van der Waals surface area contributed by atoms with E-state index in [1.54, 1.807) is 0 Å². The van der Waals surface area contributed by atoms with Gasteiger partial charge >= 0.3 is 0 Å². The van der Waals surface area contributed by atoms with Gasteiger partial charge in [0.25, 0.3) is 0 Å². The van der Waals surface area contributed by atoms with Crippen LogP contribution in [0.1, 0.15) is 17.1 Å². The Bertz CT molecular complexity index is 698. The largest absolute Gasteiger partial charge is 0.462 e. The van der Waals surface area contributed by atoms with E-state index >= 15 is 0 Å². The summed E-state index contributed by atoms with van der Waals surface area (Å²) in [6, 6.07) is 9.98. The van der Waals surface area contributed by atoms with Gasteiger partial charge in [-0.3, -0.25) is 0 Å². The van der Waals surface area contributed by atoms with E-state index in [4.69, 9.17) is 4.42 Å². The minimum Gasteiger partial charge on any atom is -0.462 e. The predicted octanol–water partition coefficient (Wildman–Crippen LogP) is 2.10. The van der Waals surface area contributed by atoms with E-state index in [9.17, 15) is 0 Å². The summed E-state index contributed by atoms with van der Waals surface area (Å²) in [4.78, 5) is 0. The van der Waals surface area contributed by atoms with Crippen molar-refractivity contribution >= 4 is 11.0 Å². The first-order valence-corrected chi connectivity index (χ1v) is 6.29. The summed E-state index contributed by atoms with van der Waals surface area (Å²) in [5.74, 6) is 1.88. The molecule has 2 aromatic heterocycles. The SMILES string of the molecule is CNCc1oc(Cn2nnc3ccccc32)cc1C. The molecule has 0 fully saturated rings. The fraction of sp³-hybridized carbons (Fsp3) is 0.286. The van der Waals surface area contributed by atoms with Crippen molar-refractivity contribution in [2.24, 2.45) is 0 Å². The zero-order chi connectivity index (χ0) is 13.2. The first kappa shape index (κ1) is 11.9. The molecule has 98 valence electrons. The Kier molecular flexibility index (Phi) is 3.05. The molecule has 3 rings (SSSR count). The summed E-state index contributed by atoms with van der Waals surface area (Å²) in [6.45, 7) is 3.40. The number of para-hydroxylation sites is 1. The van der Waals surface area contributed by atoms with Gasteiger partial charge in [-0.2, -0.15) is 0 Å². The number of nitrogens with zero attached hydrogens (tertiary/aromatic N) is 3. The minimum absolute atomic E-state index is 0.602. The zero-order valence-corrected chi connectivity index (χ0v) is 11.1. The van der Waals surface area contributed by atoms with Gasteiger partial charge in [0.05, 0.1) is 12.1 Å². The molecule has 0 saturated carbocycles. The highest BCUT2D eigenvalue weighted by Crippen LogP contribution is 2.17. The Morgan fingerprint density at radius 3 is 3.00 bits per heavy atom. The fourth-order valence-corrected chi connectivity index (χ4v) is 2.19. The second kappa shape index (κ2) is 4.85. The van der Waals surface area contributed by atoms with E-state index < -0.39 is 0 Å². The maximum absolute atomic E-state index is 5.83. The summed E-state index contributed by atoms with van der Waals surface area (Å²) in [5, 5.41) is 11.4. The van der Waals surface area contributed by atoms with Crippen LogP contribution in [0.15, 0.2) is 34.7 Å². The van der Waals surface area contributed by atoms with E-state index in [1.165, 1.54) is 0 Å². The molecule has 5 nitrogen and oxygen atoms in total. The van der Waals surface area contributed by atoms with Crippen LogP contribution in [0.4, 0.5) is 0 Å². The number of hydrogen-bond acceptors (Lipinski definition) is 4. The molecule has 1 N–H and O–H groups in total. The predicted molar refractivity (Wildman–Crippen MR) is 72.8 cm³/mol. The molecule has 2 heterocycles. The monoisotopic (exact) mass is 256 g/mol. The van der Waals surface area contributed by atoms with E-state index in [1.807, 2.05) is 36.0 Å². The second-order valence-corrected chi connectivity index (χ2v) is 4.59. The van der Waals surface area contributed by atoms with Crippen LogP contribution in [0.5, 0.6) is 0 Å². The Morgan fingerprint density at radius 2 is 2.16 bits per heavy atom. The Morgan fingerprint density at radius 1 is 1.32 bits per heavy atom. The number of furan rings is 1. The highest BCUT2D eigenvalue weighted by Gasteiger charge is 2.10. The molecule has 0 unspecified atom stereocenters. The van der Waals surface area contributed by atoms with Crippen molar-refractivity contribution in [1.82, 2.24) is 20.3 Å². The van der Waals surface area contributed by atoms with Crippen LogP contribution >= 0.6 is 0 Å². The third-order valence-corrected chi connectivity index (χ3v) is 3.13. The topological polar surface area (TPSA) is 55.9 Å². The van der Waals surface area contributed by atoms with Crippen LogP contribution in [0.2, 0.25) is 0 Å². The summed E-state index contributed by atoms with van der Waals surface area (Å²) < 4.78 is 7.68. The maximum atomic E-state index is 5.83. The lowest BCUT2D eigenvalue weighted by molar-refractivity contribution is 0.435. The lowest BCUT2D eigenvalue weighted by Gasteiger charge is -1.99. The van der Waals surface area contributed by atoms with Crippen molar-refractivity contribution in [2.45, 2.75) is 20.0 Å². The van der Waals surface area contributed by atoms with Crippen LogP contribution in [0.25, 0.3) is 11.0 Å². The van der Waals surface area contributed by atoms with Gasteiger partial charge < -0.3 is 9.73 Å². The van der Waals surface area contributed by atoms with Gasteiger partial charge in [0.15, 0.2) is 0 Å². The van der Waals surface area contributed by atoms with Crippen molar-refractivity contribution in [3.8, 4) is 0 Å².